The SMILES string of the molecule is CO[C@@H]1O[C@H](CO[C@@H]2O[C@H](COC(C)=O)[C@@H](OCc3ccccc3)[C@H](OCc3ccccc3)[C@H]2N2C(=O)c3ccccc3C2=O)[C@H](OCc2ccccc2)[C@H](O[C@@H]2O[C@H](COC(C)=O)[C@@H](OCc3ccccc3)[C@H](OCc3ccccc3)[C@H]2N2C(=O)c3ccccc3C2=O)[C@H]1N=[N+]=[N-]. The minimum absolute atomic E-state index is 0.0101. The summed E-state index contributed by atoms with van der Waals surface area (Å²) in [6.45, 7) is 0.695. The van der Waals surface area contributed by atoms with Gasteiger partial charge in [0.2, 0.25) is 0 Å². The van der Waals surface area contributed by atoms with Crippen LogP contribution in [0, 0.1) is 0 Å². The standard InChI is InChI=1S/C74H73N5O19/c1-45(80)87-42-56-63(90-38-48-25-11-5-12-26-48)66(92-40-50-29-15-7-16-30-50)60(78-68(82)52-33-19-20-34-53(52)69(78)83)73(96-56)94-44-58-62(89-37-47-23-9-4-10-24-47)65(59(76-77-75)72(86-3)95-58)98-74-61(79-70(84)54-35-21-22-36-55(54)71(79)85)67(93-41-51-31-17-8-18-32-51)64(57(97-74)43-88-46(2)81)91-39-49-27-13-6-14-28-49/h4-36,56-67,72-74H,37-44H2,1-3H3/t56-,57-,58-,59-,60-,61-,62+,63-,64-,65-,66-,67-,72-,73-,74+/m1/s1. The molecule has 7 aromatic rings. The Bertz CT molecular complexity index is 3860. The van der Waals surface area contributed by atoms with Crippen molar-refractivity contribution in [3.63, 3.8) is 0 Å². The molecular weight excluding hydrogens is 1260 g/mol. The fourth-order valence-electron chi connectivity index (χ4n) is 12.9. The average Bonchev–Trinajstić information content (AvgIpc) is 1.50. The summed E-state index contributed by atoms with van der Waals surface area (Å²) >= 11 is 0. The highest BCUT2D eigenvalue weighted by molar-refractivity contribution is 6.22. The van der Waals surface area contributed by atoms with Gasteiger partial charge in [0.1, 0.15) is 86.3 Å². The van der Waals surface area contributed by atoms with E-state index in [0.717, 1.165) is 26.5 Å². The van der Waals surface area contributed by atoms with Crippen LogP contribution in [0.15, 0.2) is 205 Å². The van der Waals surface area contributed by atoms with Crippen molar-refractivity contribution in [2.24, 2.45) is 5.11 Å². The van der Waals surface area contributed by atoms with Crippen LogP contribution >= 0.6 is 0 Å². The Balaban J connectivity index is 0.967. The maximum Gasteiger partial charge on any atom is 0.302 e. The summed E-state index contributed by atoms with van der Waals surface area (Å²) in [4.78, 5) is 91.4. The molecule has 0 aromatic heterocycles. The van der Waals surface area contributed by atoms with Crippen LogP contribution in [0.25, 0.3) is 10.4 Å². The van der Waals surface area contributed by atoms with Gasteiger partial charge in [-0.2, -0.15) is 0 Å². The molecule has 4 amide bonds. The van der Waals surface area contributed by atoms with Crippen LogP contribution in [-0.4, -0.2) is 164 Å². The van der Waals surface area contributed by atoms with E-state index in [0.29, 0.717) is 11.1 Å². The molecule has 0 saturated carbocycles. The van der Waals surface area contributed by atoms with E-state index in [1.165, 1.54) is 33.1 Å². The van der Waals surface area contributed by atoms with Crippen molar-refractivity contribution in [3.05, 3.63) is 261 Å². The Labute approximate surface area is 565 Å². The third-order valence-electron chi connectivity index (χ3n) is 17.6. The number of carbonyl (C=O) groups excluding carboxylic acids is 6. The fraction of sp³-hybridized carbons (Fsp3) is 0.351. The van der Waals surface area contributed by atoms with Crippen molar-refractivity contribution in [2.75, 3.05) is 26.9 Å². The Morgan fingerprint density at radius 1 is 0.398 bits per heavy atom. The molecule has 0 N–H and O–H groups in total. The van der Waals surface area contributed by atoms with Gasteiger partial charge >= 0.3 is 11.9 Å². The van der Waals surface area contributed by atoms with Gasteiger partial charge in [-0.15, -0.1) is 0 Å². The van der Waals surface area contributed by atoms with Crippen LogP contribution in [0.5, 0.6) is 0 Å². The molecule has 3 saturated heterocycles. The molecule has 5 heterocycles. The van der Waals surface area contributed by atoms with E-state index in [9.17, 15) is 15.1 Å². The van der Waals surface area contributed by atoms with Gasteiger partial charge < -0.3 is 61.6 Å². The Morgan fingerprint density at radius 3 is 1.03 bits per heavy atom. The number of azide groups is 1. The highest BCUT2D eigenvalue weighted by atomic mass is 16.7. The number of carbonyl (C=O) groups is 6. The first kappa shape index (κ1) is 68.6. The molecule has 0 bridgehead atoms. The fourth-order valence-corrected chi connectivity index (χ4v) is 12.9. The molecule has 0 unspecified atom stereocenters. The van der Waals surface area contributed by atoms with Crippen molar-refractivity contribution < 1.29 is 90.3 Å². The van der Waals surface area contributed by atoms with Crippen molar-refractivity contribution in [1.82, 2.24) is 9.80 Å². The maximum absolute atomic E-state index is 15.2. The summed E-state index contributed by atoms with van der Waals surface area (Å²) in [5, 5.41) is 4.24. The first-order valence-electron chi connectivity index (χ1n) is 32.2. The molecule has 24 nitrogen and oxygen atoms in total. The number of fused-ring (bicyclic) bond motifs is 2. The van der Waals surface area contributed by atoms with Crippen LogP contribution in [0.1, 0.15) is 83.1 Å². The average molecular weight is 1340 g/mol. The number of esters is 2. The summed E-state index contributed by atoms with van der Waals surface area (Å²) in [5.41, 5.74) is 14.5. The van der Waals surface area contributed by atoms with Gasteiger partial charge in [-0.25, -0.2) is 0 Å². The lowest BCUT2D eigenvalue weighted by Gasteiger charge is -2.51. The predicted octanol–water partition coefficient (Wildman–Crippen LogP) is 9.27. The van der Waals surface area contributed by atoms with Gasteiger partial charge in [0.15, 0.2) is 18.9 Å². The lowest BCUT2D eigenvalue weighted by atomic mass is 9.93. The second kappa shape index (κ2) is 32.3. The normalized spacial score (nSPS) is 26.7. The molecule has 12 rings (SSSR count). The summed E-state index contributed by atoms with van der Waals surface area (Å²) < 4.78 is 87.0. The molecular formula is C74H73N5O19. The van der Waals surface area contributed by atoms with Crippen LogP contribution in [0.3, 0.4) is 0 Å². The van der Waals surface area contributed by atoms with Gasteiger partial charge in [-0.3, -0.25) is 38.6 Å². The lowest BCUT2D eigenvalue weighted by molar-refractivity contribution is -0.347. The van der Waals surface area contributed by atoms with E-state index in [-0.39, 0.29) is 55.3 Å². The Kier molecular flexibility index (Phi) is 22.6. The summed E-state index contributed by atoms with van der Waals surface area (Å²) in [6, 6.07) is 54.2. The summed E-state index contributed by atoms with van der Waals surface area (Å²) in [5.74, 6) is -4.12. The van der Waals surface area contributed by atoms with Crippen molar-refractivity contribution >= 4 is 35.6 Å². The zero-order valence-corrected chi connectivity index (χ0v) is 53.9. The monoisotopic (exact) mass is 1340 g/mol. The van der Waals surface area contributed by atoms with E-state index in [1.54, 1.807) is 36.4 Å². The number of imide groups is 2. The largest absolute Gasteiger partial charge is 0.463 e. The molecule has 3 fully saturated rings. The first-order valence-corrected chi connectivity index (χ1v) is 32.2. The van der Waals surface area contributed by atoms with Crippen LogP contribution in [-0.2, 0) is 104 Å². The number of hydrogen-bond acceptors (Lipinski definition) is 20. The number of rotatable bonds is 28. The summed E-state index contributed by atoms with van der Waals surface area (Å²) in [6.07, 6.45) is -16.8. The predicted molar refractivity (Wildman–Crippen MR) is 347 cm³/mol. The van der Waals surface area contributed by atoms with E-state index >= 15 is 19.2 Å². The first-order chi connectivity index (χ1) is 47.9. The van der Waals surface area contributed by atoms with Gasteiger partial charge in [-0.05, 0) is 57.6 Å². The zero-order chi connectivity index (χ0) is 68.1. The number of amides is 4. The zero-order valence-electron chi connectivity index (χ0n) is 53.9. The molecule has 5 aliphatic heterocycles. The van der Waals surface area contributed by atoms with Gasteiger partial charge in [0.05, 0.1) is 61.9 Å². The smallest absolute Gasteiger partial charge is 0.302 e. The van der Waals surface area contributed by atoms with Gasteiger partial charge in [0, 0.05) is 25.9 Å². The third-order valence-corrected chi connectivity index (χ3v) is 17.6. The lowest BCUT2D eigenvalue weighted by Crippen LogP contribution is -2.69. The van der Waals surface area contributed by atoms with E-state index in [2.05, 4.69) is 10.0 Å². The van der Waals surface area contributed by atoms with E-state index in [4.69, 9.17) is 61.6 Å². The maximum atomic E-state index is 15.2. The van der Waals surface area contributed by atoms with Crippen LogP contribution in [0.2, 0.25) is 0 Å². The summed E-state index contributed by atoms with van der Waals surface area (Å²) in [7, 11) is 1.31. The number of methoxy groups -OCH3 is 1. The molecule has 7 aromatic carbocycles. The van der Waals surface area contributed by atoms with Gasteiger partial charge in [0.25, 0.3) is 23.6 Å². The topological polar surface area (TPSA) is 278 Å². The molecule has 0 radical (unpaired) electrons. The van der Waals surface area contributed by atoms with Crippen LogP contribution < -0.4 is 0 Å². The number of nitrogens with zero attached hydrogens (tertiary/aromatic N) is 5. The highest BCUT2D eigenvalue weighted by Gasteiger charge is 2.60. The van der Waals surface area contributed by atoms with Crippen LogP contribution in [0.4, 0.5) is 0 Å². The molecule has 508 valence electrons. The Morgan fingerprint density at radius 2 is 0.694 bits per heavy atom. The molecule has 5 aliphatic rings. The second-order valence-electron chi connectivity index (χ2n) is 23.9. The minimum atomic E-state index is -1.78. The second-order valence-corrected chi connectivity index (χ2v) is 23.9. The van der Waals surface area contributed by atoms with Crippen molar-refractivity contribution in [3.8, 4) is 0 Å². The quantitative estimate of drug-likeness (QED) is 0.0145. The van der Waals surface area contributed by atoms with E-state index in [1.807, 2.05) is 152 Å². The molecule has 24 heteroatoms. The minimum Gasteiger partial charge on any atom is -0.463 e. The number of hydrogen-bond donors (Lipinski definition) is 0. The van der Waals surface area contributed by atoms with Gasteiger partial charge in [-0.1, -0.05) is 181 Å². The molecule has 15 atom stereocenters. The van der Waals surface area contributed by atoms with Crippen molar-refractivity contribution in [1.29, 1.82) is 0 Å². The Hall–Kier alpha value is -9.37. The third kappa shape index (κ3) is 15.6. The van der Waals surface area contributed by atoms with E-state index < -0.39 is 147 Å². The molecule has 0 spiro atoms. The molecule has 0 aliphatic carbocycles. The molecule has 98 heavy (non-hydrogen) atoms. The highest BCUT2D eigenvalue weighted by Crippen LogP contribution is 2.42. The van der Waals surface area contributed by atoms with Crippen molar-refractivity contribution in [2.45, 2.75) is 139 Å². The number of ether oxygens (including phenoxy) is 13. The number of benzene rings is 7.